The molecule has 4 rings (SSSR count). The van der Waals surface area contributed by atoms with Crippen molar-refractivity contribution in [2.75, 3.05) is 6.61 Å². The largest absolute Gasteiger partial charge is 0.396 e. The van der Waals surface area contributed by atoms with E-state index >= 15 is 0 Å². The summed E-state index contributed by atoms with van der Waals surface area (Å²) in [4.78, 5) is 0. The normalized spacial score (nSPS) is 44.6. The summed E-state index contributed by atoms with van der Waals surface area (Å²) in [7, 11) is 0. The van der Waals surface area contributed by atoms with Crippen LogP contribution < -0.4 is 0 Å². The second kappa shape index (κ2) is 8.22. The van der Waals surface area contributed by atoms with Crippen molar-refractivity contribution in [2.24, 2.45) is 39.9 Å². The van der Waals surface area contributed by atoms with Crippen molar-refractivity contribution in [2.45, 2.75) is 118 Å². The van der Waals surface area contributed by atoms with Crippen molar-refractivity contribution in [3.63, 3.8) is 0 Å². The SMILES string of the molecule is CC(C)CCC[C@@H](C)[C@H]1CCC2C3=C(CC[C@@]21C)[C@@]1(C)CC[C@@H](O)C[C@@]1(CO)CC3. The highest BCUT2D eigenvalue weighted by Gasteiger charge is 2.60. The number of aliphatic hydroxyl groups excluding tert-OH is 2. The quantitative estimate of drug-likeness (QED) is 0.463. The number of hydrogen-bond donors (Lipinski definition) is 2. The van der Waals surface area contributed by atoms with Gasteiger partial charge in [0.2, 0.25) is 0 Å². The Morgan fingerprint density at radius 2 is 1.73 bits per heavy atom. The number of rotatable bonds is 6. The van der Waals surface area contributed by atoms with Gasteiger partial charge in [-0.3, -0.25) is 0 Å². The minimum atomic E-state index is -0.219. The molecule has 0 saturated heterocycles. The van der Waals surface area contributed by atoms with Gasteiger partial charge in [0.1, 0.15) is 0 Å². The molecule has 0 aromatic carbocycles. The van der Waals surface area contributed by atoms with E-state index in [0.717, 1.165) is 49.4 Å². The third kappa shape index (κ3) is 3.43. The minimum Gasteiger partial charge on any atom is -0.396 e. The van der Waals surface area contributed by atoms with Crippen LogP contribution in [0.25, 0.3) is 0 Å². The molecular weight excluding hydrogens is 368 g/mol. The molecule has 4 aliphatic rings. The summed E-state index contributed by atoms with van der Waals surface area (Å²) >= 11 is 0. The molecule has 2 N–H and O–H groups in total. The molecule has 4 aliphatic carbocycles. The van der Waals surface area contributed by atoms with Crippen LogP contribution in [-0.4, -0.2) is 22.9 Å². The highest BCUT2D eigenvalue weighted by Crippen LogP contribution is 2.68. The van der Waals surface area contributed by atoms with Gasteiger partial charge in [-0.1, -0.05) is 65.0 Å². The second-order valence-electron chi connectivity index (χ2n) is 12.7. The Hall–Kier alpha value is -0.340. The van der Waals surface area contributed by atoms with Crippen LogP contribution in [0.15, 0.2) is 11.1 Å². The van der Waals surface area contributed by atoms with Crippen LogP contribution >= 0.6 is 0 Å². The molecule has 0 spiro atoms. The standard InChI is InChI=1S/C28H48O2/c1-19(2)7-6-8-20(3)23-9-10-24-22-12-16-28(18-29)17-21(30)11-15-27(28,5)25(22)13-14-26(23,24)4/h19-21,23-24,29-30H,6-18H2,1-5H3/t20-,21-,23-,24?,26-,27-,28-/m1/s1. The molecule has 2 fully saturated rings. The summed E-state index contributed by atoms with van der Waals surface area (Å²) in [6, 6.07) is 0. The fourth-order valence-corrected chi connectivity index (χ4v) is 8.94. The van der Waals surface area contributed by atoms with Crippen molar-refractivity contribution < 1.29 is 10.2 Å². The van der Waals surface area contributed by atoms with E-state index in [2.05, 4.69) is 34.6 Å². The fourth-order valence-electron chi connectivity index (χ4n) is 8.94. The van der Waals surface area contributed by atoms with E-state index in [9.17, 15) is 10.2 Å². The molecule has 2 nitrogen and oxygen atoms in total. The maximum Gasteiger partial charge on any atom is 0.0547 e. The summed E-state index contributed by atoms with van der Waals surface area (Å²) in [6.45, 7) is 12.6. The lowest BCUT2D eigenvalue weighted by molar-refractivity contribution is -0.0887. The van der Waals surface area contributed by atoms with Gasteiger partial charge < -0.3 is 10.2 Å². The van der Waals surface area contributed by atoms with Gasteiger partial charge in [-0.05, 0) is 92.3 Å². The molecule has 172 valence electrons. The van der Waals surface area contributed by atoms with Gasteiger partial charge in [-0.15, -0.1) is 0 Å². The Bertz CT molecular complexity index is 666. The van der Waals surface area contributed by atoms with Crippen LogP contribution in [0.4, 0.5) is 0 Å². The summed E-state index contributed by atoms with van der Waals surface area (Å²) in [6.07, 6.45) is 14.4. The van der Waals surface area contributed by atoms with Gasteiger partial charge in [0.15, 0.2) is 0 Å². The van der Waals surface area contributed by atoms with Crippen LogP contribution in [0.1, 0.15) is 112 Å². The predicted molar refractivity (Wildman–Crippen MR) is 125 cm³/mol. The zero-order valence-corrected chi connectivity index (χ0v) is 20.5. The van der Waals surface area contributed by atoms with Gasteiger partial charge in [0.25, 0.3) is 0 Å². The first-order chi connectivity index (χ1) is 14.2. The highest BCUT2D eigenvalue weighted by molar-refractivity contribution is 5.36. The molecule has 1 unspecified atom stereocenters. The van der Waals surface area contributed by atoms with E-state index in [1.807, 2.05) is 5.57 Å². The first kappa shape index (κ1) is 22.8. The van der Waals surface area contributed by atoms with E-state index in [1.54, 1.807) is 5.57 Å². The Morgan fingerprint density at radius 1 is 0.967 bits per heavy atom. The van der Waals surface area contributed by atoms with Crippen LogP contribution in [0.2, 0.25) is 0 Å². The van der Waals surface area contributed by atoms with E-state index in [0.29, 0.717) is 5.41 Å². The summed E-state index contributed by atoms with van der Waals surface area (Å²) < 4.78 is 0. The fraction of sp³-hybridized carbons (Fsp3) is 0.929. The van der Waals surface area contributed by atoms with Crippen molar-refractivity contribution in [3.8, 4) is 0 Å². The molecule has 30 heavy (non-hydrogen) atoms. The van der Waals surface area contributed by atoms with Gasteiger partial charge >= 0.3 is 0 Å². The van der Waals surface area contributed by atoms with Gasteiger partial charge in [0.05, 0.1) is 6.10 Å². The van der Waals surface area contributed by atoms with Crippen molar-refractivity contribution in [3.05, 3.63) is 11.1 Å². The van der Waals surface area contributed by atoms with Gasteiger partial charge in [-0.2, -0.15) is 0 Å². The Morgan fingerprint density at radius 3 is 2.43 bits per heavy atom. The molecule has 2 heteroatoms. The third-order valence-electron chi connectivity index (χ3n) is 10.9. The predicted octanol–water partition coefficient (Wildman–Crippen LogP) is 6.90. The number of fused-ring (bicyclic) bond motifs is 4. The van der Waals surface area contributed by atoms with Crippen LogP contribution in [-0.2, 0) is 0 Å². The van der Waals surface area contributed by atoms with E-state index < -0.39 is 0 Å². The number of aliphatic hydroxyl groups is 2. The minimum absolute atomic E-state index is 0.0839. The van der Waals surface area contributed by atoms with E-state index in [1.165, 1.54) is 51.4 Å². The zero-order chi connectivity index (χ0) is 21.7. The number of allylic oxidation sites excluding steroid dienone is 2. The first-order valence-electron chi connectivity index (χ1n) is 13.2. The van der Waals surface area contributed by atoms with E-state index in [-0.39, 0.29) is 23.5 Å². The first-order valence-corrected chi connectivity index (χ1v) is 13.2. The highest BCUT2D eigenvalue weighted by atomic mass is 16.3. The molecule has 2 saturated carbocycles. The molecule has 0 amide bonds. The average molecular weight is 417 g/mol. The second-order valence-corrected chi connectivity index (χ2v) is 12.7. The summed E-state index contributed by atoms with van der Waals surface area (Å²) in [5.41, 5.74) is 4.05. The van der Waals surface area contributed by atoms with Crippen LogP contribution in [0.3, 0.4) is 0 Å². The van der Waals surface area contributed by atoms with Crippen LogP contribution in [0.5, 0.6) is 0 Å². The molecule has 0 aromatic heterocycles. The van der Waals surface area contributed by atoms with Crippen LogP contribution in [0, 0.1) is 39.9 Å². The molecular formula is C28H48O2. The molecule has 0 aliphatic heterocycles. The van der Waals surface area contributed by atoms with Gasteiger partial charge in [-0.25, -0.2) is 0 Å². The topological polar surface area (TPSA) is 40.5 Å². The lowest BCUT2D eigenvalue weighted by Gasteiger charge is -2.60. The maximum atomic E-state index is 10.5. The Kier molecular flexibility index (Phi) is 6.26. The molecule has 7 atom stereocenters. The number of hydrogen-bond acceptors (Lipinski definition) is 2. The monoisotopic (exact) mass is 416 g/mol. The third-order valence-corrected chi connectivity index (χ3v) is 10.9. The van der Waals surface area contributed by atoms with Gasteiger partial charge in [0, 0.05) is 12.0 Å². The van der Waals surface area contributed by atoms with Crippen molar-refractivity contribution >= 4 is 0 Å². The van der Waals surface area contributed by atoms with Crippen molar-refractivity contribution in [1.29, 1.82) is 0 Å². The smallest absolute Gasteiger partial charge is 0.0547 e. The zero-order valence-electron chi connectivity index (χ0n) is 20.5. The molecule has 0 heterocycles. The Labute approximate surface area is 185 Å². The van der Waals surface area contributed by atoms with Crippen molar-refractivity contribution in [1.82, 2.24) is 0 Å². The maximum absolute atomic E-state index is 10.5. The molecule has 0 aromatic rings. The molecule has 0 radical (unpaired) electrons. The lowest BCUT2D eigenvalue weighted by Crippen LogP contribution is -2.54. The molecule has 0 bridgehead atoms. The average Bonchev–Trinajstić information content (AvgIpc) is 3.05. The lowest BCUT2D eigenvalue weighted by atomic mass is 9.45. The van der Waals surface area contributed by atoms with E-state index in [4.69, 9.17) is 0 Å². The Balaban J connectivity index is 1.58. The summed E-state index contributed by atoms with van der Waals surface area (Å²) in [5.74, 6) is 3.34. The summed E-state index contributed by atoms with van der Waals surface area (Å²) in [5, 5.41) is 20.9.